The van der Waals surface area contributed by atoms with Crippen molar-refractivity contribution in [3.63, 3.8) is 0 Å². The summed E-state index contributed by atoms with van der Waals surface area (Å²) in [6.07, 6.45) is 1.76. The SMILES string of the molecule is CCC(C(=O)O)N1CCCN(C)CC1.[Li]. The Labute approximate surface area is 104 Å². The molecule has 0 aliphatic carbocycles. The van der Waals surface area contributed by atoms with Crippen LogP contribution in [-0.4, -0.2) is 79.0 Å². The van der Waals surface area contributed by atoms with Crippen LogP contribution in [0.1, 0.15) is 19.8 Å². The minimum Gasteiger partial charge on any atom is -0.480 e. The molecule has 0 spiro atoms. The Kier molecular flexibility index (Phi) is 7.29. The first-order valence-corrected chi connectivity index (χ1v) is 5.30. The largest absolute Gasteiger partial charge is 0.480 e. The monoisotopic (exact) mass is 207 g/mol. The summed E-state index contributed by atoms with van der Waals surface area (Å²) in [5.41, 5.74) is 0. The molecule has 1 aliphatic rings. The van der Waals surface area contributed by atoms with Gasteiger partial charge < -0.3 is 10.0 Å². The van der Waals surface area contributed by atoms with Gasteiger partial charge in [0.2, 0.25) is 0 Å². The molecule has 15 heavy (non-hydrogen) atoms. The average molecular weight is 207 g/mol. The molecule has 1 aliphatic heterocycles. The van der Waals surface area contributed by atoms with Crippen molar-refractivity contribution in [2.45, 2.75) is 25.8 Å². The van der Waals surface area contributed by atoms with E-state index in [1.807, 2.05) is 6.92 Å². The molecule has 0 aromatic rings. The molecule has 1 fully saturated rings. The van der Waals surface area contributed by atoms with E-state index < -0.39 is 5.97 Å². The smallest absolute Gasteiger partial charge is 0.320 e. The second-order valence-corrected chi connectivity index (χ2v) is 3.96. The first kappa shape index (κ1) is 15.0. The third-order valence-corrected chi connectivity index (χ3v) is 2.87. The topological polar surface area (TPSA) is 43.8 Å². The Bertz CT molecular complexity index is 202. The number of nitrogens with zero attached hydrogens (tertiary/aromatic N) is 2. The van der Waals surface area contributed by atoms with Gasteiger partial charge in [-0.1, -0.05) is 6.92 Å². The fraction of sp³-hybridized carbons (Fsp3) is 0.900. The van der Waals surface area contributed by atoms with Crippen LogP contribution in [0.2, 0.25) is 0 Å². The zero-order valence-corrected chi connectivity index (χ0v) is 10.1. The molecule has 83 valence electrons. The molecule has 0 aromatic heterocycles. The van der Waals surface area contributed by atoms with Crippen LogP contribution in [-0.2, 0) is 4.79 Å². The fourth-order valence-corrected chi connectivity index (χ4v) is 1.97. The molecular weight excluding hydrogens is 187 g/mol. The molecule has 1 rings (SSSR count). The van der Waals surface area contributed by atoms with Crippen molar-refractivity contribution in [1.82, 2.24) is 9.80 Å². The molecule has 1 atom stereocenters. The predicted octanol–water partition coefficient (Wildman–Crippen LogP) is 0.106. The van der Waals surface area contributed by atoms with E-state index in [1.54, 1.807) is 0 Å². The number of carboxylic acids is 1. The van der Waals surface area contributed by atoms with Crippen LogP contribution in [0.15, 0.2) is 0 Å². The predicted molar refractivity (Wildman–Crippen MR) is 61.2 cm³/mol. The Morgan fingerprint density at radius 3 is 2.53 bits per heavy atom. The zero-order valence-electron chi connectivity index (χ0n) is 10.1. The van der Waals surface area contributed by atoms with Gasteiger partial charge in [0.15, 0.2) is 0 Å². The van der Waals surface area contributed by atoms with E-state index in [9.17, 15) is 4.79 Å². The molecule has 1 unspecified atom stereocenters. The molecule has 1 saturated heterocycles. The average Bonchev–Trinajstić information content (AvgIpc) is 2.32. The van der Waals surface area contributed by atoms with E-state index in [0.29, 0.717) is 6.42 Å². The van der Waals surface area contributed by atoms with Crippen LogP contribution in [0.4, 0.5) is 0 Å². The van der Waals surface area contributed by atoms with E-state index >= 15 is 0 Å². The summed E-state index contributed by atoms with van der Waals surface area (Å²) in [5.74, 6) is -0.683. The van der Waals surface area contributed by atoms with Crippen LogP contribution >= 0.6 is 0 Å². The van der Waals surface area contributed by atoms with Gasteiger partial charge in [0.05, 0.1) is 0 Å². The summed E-state index contributed by atoms with van der Waals surface area (Å²) in [5, 5.41) is 9.03. The van der Waals surface area contributed by atoms with Gasteiger partial charge in [-0.15, -0.1) is 0 Å². The van der Waals surface area contributed by atoms with Gasteiger partial charge in [0.1, 0.15) is 6.04 Å². The van der Waals surface area contributed by atoms with Gasteiger partial charge in [-0.3, -0.25) is 9.69 Å². The van der Waals surface area contributed by atoms with Gasteiger partial charge in [0.25, 0.3) is 0 Å². The number of hydrogen-bond acceptors (Lipinski definition) is 3. The van der Waals surface area contributed by atoms with Crippen LogP contribution < -0.4 is 0 Å². The van der Waals surface area contributed by atoms with Gasteiger partial charge in [-0.05, 0) is 26.4 Å². The molecule has 1 N–H and O–H groups in total. The number of carboxylic acid groups (broad SMARTS) is 1. The summed E-state index contributed by atoms with van der Waals surface area (Å²) < 4.78 is 0. The summed E-state index contributed by atoms with van der Waals surface area (Å²) in [4.78, 5) is 15.3. The standard InChI is InChI=1S/C10H20N2O2.Li/c1-3-9(10(13)14)12-6-4-5-11(2)7-8-12;/h9H,3-8H2,1-2H3,(H,13,14);. The third kappa shape index (κ3) is 4.56. The van der Waals surface area contributed by atoms with E-state index in [4.69, 9.17) is 5.11 Å². The summed E-state index contributed by atoms with van der Waals surface area (Å²) >= 11 is 0. The quantitative estimate of drug-likeness (QED) is 0.667. The van der Waals surface area contributed by atoms with Gasteiger partial charge in [-0.25, -0.2) is 0 Å². The van der Waals surface area contributed by atoms with Crippen molar-refractivity contribution in [2.24, 2.45) is 0 Å². The third-order valence-electron chi connectivity index (χ3n) is 2.87. The van der Waals surface area contributed by atoms with E-state index in [2.05, 4.69) is 16.8 Å². The molecule has 0 saturated carbocycles. The van der Waals surface area contributed by atoms with Crippen LogP contribution in [0.5, 0.6) is 0 Å². The molecule has 5 heteroatoms. The molecule has 1 heterocycles. The fourth-order valence-electron chi connectivity index (χ4n) is 1.97. The molecule has 1 radical (unpaired) electrons. The molecular formula is C10H20LiN2O2. The van der Waals surface area contributed by atoms with Gasteiger partial charge in [0, 0.05) is 38.5 Å². The first-order valence-electron chi connectivity index (χ1n) is 5.30. The Morgan fingerprint density at radius 1 is 1.33 bits per heavy atom. The summed E-state index contributed by atoms with van der Waals surface area (Å²) in [6.45, 7) is 5.78. The molecule has 0 aromatic carbocycles. The van der Waals surface area contributed by atoms with E-state index in [-0.39, 0.29) is 24.9 Å². The number of rotatable bonds is 3. The van der Waals surface area contributed by atoms with Gasteiger partial charge in [-0.2, -0.15) is 0 Å². The number of hydrogen-bond donors (Lipinski definition) is 1. The van der Waals surface area contributed by atoms with Crippen molar-refractivity contribution in [1.29, 1.82) is 0 Å². The van der Waals surface area contributed by atoms with Crippen molar-refractivity contribution < 1.29 is 9.90 Å². The van der Waals surface area contributed by atoms with E-state index in [1.165, 1.54) is 0 Å². The van der Waals surface area contributed by atoms with Crippen molar-refractivity contribution in [2.75, 3.05) is 33.2 Å². The number of likely N-dealkylation sites (N-methyl/N-ethyl adjacent to an activating group) is 1. The maximum absolute atomic E-state index is 11.0. The molecule has 4 nitrogen and oxygen atoms in total. The minimum atomic E-state index is -0.683. The van der Waals surface area contributed by atoms with Crippen LogP contribution in [0.3, 0.4) is 0 Å². The summed E-state index contributed by atoms with van der Waals surface area (Å²) in [6, 6.07) is -0.290. The number of carbonyl (C=O) groups is 1. The Hall–Kier alpha value is -0.0126. The van der Waals surface area contributed by atoms with Crippen molar-refractivity contribution in [3.8, 4) is 0 Å². The summed E-state index contributed by atoms with van der Waals surface area (Å²) in [7, 11) is 2.09. The second-order valence-electron chi connectivity index (χ2n) is 3.96. The Morgan fingerprint density at radius 2 is 2.00 bits per heavy atom. The minimum absolute atomic E-state index is 0. The van der Waals surface area contributed by atoms with Crippen LogP contribution in [0.25, 0.3) is 0 Å². The first-order chi connectivity index (χ1) is 6.65. The maximum Gasteiger partial charge on any atom is 0.320 e. The Balaban J connectivity index is 0.00000196. The second kappa shape index (κ2) is 7.29. The number of aliphatic carboxylic acids is 1. The van der Waals surface area contributed by atoms with Gasteiger partial charge >= 0.3 is 5.97 Å². The zero-order chi connectivity index (χ0) is 10.6. The van der Waals surface area contributed by atoms with Crippen LogP contribution in [0, 0.1) is 0 Å². The van der Waals surface area contributed by atoms with Crippen molar-refractivity contribution in [3.05, 3.63) is 0 Å². The molecule has 0 amide bonds. The normalized spacial score (nSPS) is 21.5. The maximum atomic E-state index is 11.0. The van der Waals surface area contributed by atoms with Crippen molar-refractivity contribution >= 4 is 24.8 Å². The molecule has 0 bridgehead atoms. The van der Waals surface area contributed by atoms with E-state index in [0.717, 1.165) is 32.6 Å².